The van der Waals surface area contributed by atoms with E-state index in [1.807, 2.05) is 0 Å². The average molecular weight is 280 g/mol. The molecule has 0 unspecified atom stereocenters. The molecule has 0 aliphatic heterocycles. The van der Waals surface area contributed by atoms with Crippen LogP contribution in [0.3, 0.4) is 0 Å². The summed E-state index contributed by atoms with van der Waals surface area (Å²) in [6.07, 6.45) is 2.46. The second-order valence-electron chi connectivity index (χ2n) is 5.14. The highest BCUT2D eigenvalue weighted by Crippen LogP contribution is 2.11. The van der Waals surface area contributed by atoms with E-state index in [2.05, 4.69) is 15.6 Å². The molecule has 0 atom stereocenters. The van der Waals surface area contributed by atoms with Gasteiger partial charge in [0.15, 0.2) is 0 Å². The van der Waals surface area contributed by atoms with E-state index in [0.717, 1.165) is 0 Å². The van der Waals surface area contributed by atoms with Crippen LogP contribution in [0.1, 0.15) is 31.1 Å². The minimum atomic E-state index is -0.555. The molecular weight excluding hydrogens is 260 g/mol. The molecule has 7 heteroatoms. The molecule has 1 heterocycles. The van der Waals surface area contributed by atoms with Gasteiger partial charge in [0.1, 0.15) is 5.60 Å². The van der Waals surface area contributed by atoms with Crippen LogP contribution in [-0.4, -0.2) is 35.7 Å². The van der Waals surface area contributed by atoms with Gasteiger partial charge in [0.05, 0.1) is 11.3 Å². The number of nitrogens with one attached hydrogen (secondary N) is 2. The summed E-state index contributed by atoms with van der Waals surface area (Å²) in [4.78, 5) is 26.4. The number of hydrogen-bond acceptors (Lipinski definition) is 5. The SMILES string of the molecule is CC(C)(C)OC(=O)NCCNc1ccncc1C(N)=O. The molecular formula is C13H20N4O3. The Bertz CT molecular complexity index is 483. The van der Waals surface area contributed by atoms with Gasteiger partial charge in [-0.25, -0.2) is 4.79 Å². The van der Waals surface area contributed by atoms with E-state index < -0.39 is 17.6 Å². The molecule has 1 aromatic rings. The number of carbonyl (C=O) groups is 2. The Kier molecular flexibility index (Phi) is 5.31. The smallest absolute Gasteiger partial charge is 0.407 e. The minimum absolute atomic E-state index is 0.310. The van der Waals surface area contributed by atoms with Crippen molar-refractivity contribution in [2.24, 2.45) is 5.73 Å². The molecule has 1 aromatic heterocycles. The van der Waals surface area contributed by atoms with Crippen LogP contribution in [0.25, 0.3) is 0 Å². The molecule has 7 nitrogen and oxygen atoms in total. The number of pyridine rings is 1. The first kappa shape index (κ1) is 15.7. The number of amides is 2. The van der Waals surface area contributed by atoms with Crippen LogP contribution in [0.5, 0.6) is 0 Å². The van der Waals surface area contributed by atoms with Crippen molar-refractivity contribution in [1.82, 2.24) is 10.3 Å². The first-order valence-corrected chi connectivity index (χ1v) is 6.24. The van der Waals surface area contributed by atoms with Crippen molar-refractivity contribution in [3.05, 3.63) is 24.0 Å². The molecule has 20 heavy (non-hydrogen) atoms. The second-order valence-corrected chi connectivity index (χ2v) is 5.14. The maximum Gasteiger partial charge on any atom is 0.407 e. The van der Waals surface area contributed by atoms with Gasteiger partial charge in [-0.2, -0.15) is 0 Å². The normalized spacial score (nSPS) is 10.8. The minimum Gasteiger partial charge on any atom is -0.444 e. The van der Waals surface area contributed by atoms with E-state index in [1.165, 1.54) is 6.20 Å². The molecule has 0 fully saturated rings. The van der Waals surface area contributed by atoms with Gasteiger partial charge in [0.25, 0.3) is 5.91 Å². The van der Waals surface area contributed by atoms with Crippen molar-refractivity contribution >= 4 is 17.7 Å². The van der Waals surface area contributed by atoms with E-state index in [1.54, 1.807) is 33.0 Å². The zero-order chi connectivity index (χ0) is 15.2. The predicted molar refractivity (Wildman–Crippen MR) is 75.5 cm³/mol. The zero-order valence-corrected chi connectivity index (χ0v) is 11.9. The first-order valence-electron chi connectivity index (χ1n) is 6.24. The third-order valence-electron chi connectivity index (χ3n) is 2.20. The lowest BCUT2D eigenvalue weighted by Gasteiger charge is -2.19. The lowest BCUT2D eigenvalue weighted by atomic mass is 10.2. The van der Waals surface area contributed by atoms with Crippen LogP contribution in [0.2, 0.25) is 0 Å². The van der Waals surface area contributed by atoms with E-state index in [0.29, 0.717) is 24.3 Å². The molecule has 0 bridgehead atoms. The molecule has 0 saturated carbocycles. The van der Waals surface area contributed by atoms with Gasteiger partial charge in [-0.15, -0.1) is 0 Å². The summed E-state index contributed by atoms with van der Waals surface area (Å²) in [7, 11) is 0. The highest BCUT2D eigenvalue weighted by molar-refractivity contribution is 5.98. The quantitative estimate of drug-likeness (QED) is 0.701. The van der Waals surface area contributed by atoms with Gasteiger partial charge in [-0.1, -0.05) is 0 Å². The molecule has 2 amide bonds. The van der Waals surface area contributed by atoms with Crippen LogP contribution in [0, 0.1) is 0 Å². The Morgan fingerprint density at radius 2 is 2.05 bits per heavy atom. The van der Waals surface area contributed by atoms with Crippen molar-refractivity contribution in [2.75, 3.05) is 18.4 Å². The van der Waals surface area contributed by atoms with Gasteiger partial charge in [-0.3, -0.25) is 9.78 Å². The van der Waals surface area contributed by atoms with Gasteiger partial charge in [0, 0.05) is 25.5 Å². The molecule has 110 valence electrons. The van der Waals surface area contributed by atoms with E-state index in [-0.39, 0.29) is 0 Å². The molecule has 0 aromatic carbocycles. The van der Waals surface area contributed by atoms with Gasteiger partial charge in [-0.05, 0) is 26.8 Å². The third-order valence-corrected chi connectivity index (χ3v) is 2.20. The lowest BCUT2D eigenvalue weighted by Crippen LogP contribution is -2.35. The topological polar surface area (TPSA) is 106 Å². The van der Waals surface area contributed by atoms with Gasteiger partial charge in [0.2, 0.25) is 0 Å². The summed E-state index contributed by atoms with van der Waals surface area (Å²) in [5, 5.41) is 5.60. The molecule has 0 radical (unpaired) electrons. The molecule has 1 rings (SSSR count). The monoisotopic (exact) mass is 280 g/mol. The maximum atomic E-state index is 11.4. The number of hydrogen-bond donors (Lipinski definition) is 3. The second kappa shape index (κ2) is 6.74. The molecule has 0 spiro atoms. The first-order chi connectivity index (χ1) is 9.29. The van der Waals surface area contributed by atoms with Crippen LogP contribution in [0.15, 0.2) is 18.5 Å². The summed E-state index contributed by atoms with van der Waals surface area (Å²) in [5.74, 6) is -0.555. The van der Waals surface area contributed by atoms with E-state index >= 15 is 0 Å². The van der Waals surface area contributed by atoms with Crippen molar-refractivity contribution in [1.29, 1.82) is 0 Å². The predicted octanol–water partition coefficient (Wildman–Crippen LogP) is 1.12. The summed E-state index contributed by atoms with van der Waals surface area (Å²) < 4.78 is 5.09. The summed E-state index contributed by atoms with van der Waals surface area (Å²) in [5.41, 5.74) is 5.59. The fourth-order valence-corrected chi connectivity index (χ4v) is 1.42. The Balaban J connectivity index is 2.39. The van der Waals surface area contributed by atoms with Gasteiger partial charge >= 0.3 is 6.09 Å². The Labute approximate surface area is 117 Å². The fourth-order valence-electron chi connectivity index (χ4n) is 1.42. The number of primary amides is 1. The molecule has 0 saturated heterocycles. The van der Waals surface area contributed by atoms with Crippen LogP contribution in [-0.2, 0) is 4.74 Å². The average Bonchev–Trinajstić information content (AvgIpc) is 2.33. The molecule has 4 N–H and O–H groups in total. The summed E-state index contributed by atoms with van der Waals surface area (Å²) in [6.45, 7) is 6.17. The number of nitrogens with two attached hydrogens (primary N) is 1. The number of nitrogens with zero attached hydrogens (tertiary/aromatic N) is 1. The number of ether oxygens (including phenoxy) is 1. The fraction of sp³-hybridized carbons (Fsp3) is 0.462. The molecule has 0 aliphatic rings. The highest BCUT2D eigenvalue weighted by atomic mass is 16.6. The third kappa shape index (κ3) is 5.55. The number of carbonyl (C=O) groups excluding carboxylic acids is 2. The molecule has 0 aliphatic carbocycles. The summed E-state index contributed by atoms with van der Waals surface area (Å²) >= 11 is 0. The van der Waals surface area contributed by atoms with Crippen molar-refractivity contribution in [3.63, 3.8) is 0 Å². The lowest BCUT2D eigenvalue weighted by molar-refractivity contribution is 0.0530. The summed E-state index contributed by atoms with van der Waals surface area (Å²) in [6, 6.07) is 1.65. The van der Waals surface area contributed by atoms with E-state index in [9.17, 15) is 9.59 Å². The maximum absolute atomic E-state index is 11.4. The number of aromatic nitrogens is 1. The van der Waals surface area contributed by atoms with Crippen LogP contribution >= 0.6 is 0 Å². The van der Waals surface area contributed by atoms with E-state index in [4.69, 9.17) is 10.5 Å². The Morgan fingerprint density at radius 1 is 1.35 bits per heavy atom. The Morgan fingerprint density at radius 3 is 2.65 bits per heavy atom. The Hall–Kier alpha value is -2.31. The van der Waals surface area contributed by atoms with Crippen molar-refractivity contribution in [3.8, 4) is 0 Å². The van der Waals surface area contributed by atoms with Crippen molar-refractivity contribution in [2.45, 2.75) is 26.4 Å². The number of rotatable bonds is 5. The highest BCUT2D eigenvalue weighted by Gasteiger charge is 2.15. The van der Waals surface area contributed by atoms with Crippen LogP contribution in [0.4, 0.5) is 10.5 Å². The number of alkyl carbamates (subject to hydrolysis) is 1. The zero-order valence-electron chi connectivity index (χ0n) is 11.9. The number of anilines is 1. The van der Waals surface area contributed by atoms with Crippen molar-refractivity contribution < 1.29 is 14.3 Å². The largest absolute Gasteiger partial charge is 0.444 e. The van der Waals surface area contributed by atoms with Gasteiger partial charge < -0.3 is 21.1 Å². The van der Waals surface area contributed by atoms with Crippen LogP contribution < -0.4 is 16.4 Å². The standard InChI is InChI=1S/C13H20N4O3/c1-13(2,3)20-12(19)17-7-6-16-10-4-5-15-8-9(10)11(14)18/h4-5,8H,6-7H2,1-3H3,(H2,14,18)(H,15,16)(H,17,19).